The first-order valence-electron chi connectivity index (χ1n) is 5.05. The van der Waals surface area contributed by atoms with Crippen molar-refractivity contribution < 1.29 is 18.7 Å². The van der Waals surface area contributed by atoms with Crippen LogP contribution >= 0.6 is 11.6 Å². The van der Waals surface area contributed by atoms with Crippen LogP contribution in [0.4, 0.5) is 10.1 Å². The third kappa shape index (κ3) is 1.54. The highest BCUT2D eigenvalue weighted by molar-refractivity contribution is 6.55. The zero-order valence-electron chi connectivity index (χ0n) is 8.57. The van der Waals surface area contributed by atoms with Crippen LogP contribution in [0.15, 0.2) is 12.1 Å². The van der Waals surface area contributed by atoms with Gasteiger partial charge in [-0.1, -0.05) is 11.6 Å². The van der Waals surface area contributed by atoms with Gasteiger partial charge in [-0.25, -0.2) is 4.39 Å². The molecule has 0 bridgehead atoms. The number of ketones is 1. The van der Waals surface area contributed by atoms with Crippen molar-refractivity contribution in [2.45, 2.75) is 6.10 Å². The first kappa shape index (κ1) is 10.7. The predicted octanol–water partition coefficient (Wildman–Crippen LogP) is 1.41. The van der Waals surface area contributed by atoms with Crippen LogP contribution in [0.5, 0.6) is 0 Å². The summed E-state index contributed by atoms with van der Waals surface area (Å²) in [5.74, 6) is -2.13. The molecule has 0 spiro atoms. The van der Waals surface area contributed by atoms with Gasteiger partial charge in [-0.2, -0.15) is 0 Å². The SMILES string of the molecule is O=C1C(=O)N(CC2CO2)c2c(F)ccc(Cl)c21. The lowest BCUT2D eigenvalue weighted by molar-refractivity contribution is -0.114. The summed E-state index contributed by atoms with van der Waals surface area (Å²) in [5, 5.41) is 0.0963. The van der Waals surface area contributed by atoms with E-state index in [-0.39, 0.29) is 28.9 Å². The van der Waals surface area contributed by atoms with Gasteiger partial charge in [-0.3, -0.25) is 14.5 Å². The third-order valence-corrected chi connectivity index (χ3v) is 3.12. The molecule has 1 unspecified atom stereocenters. The molecule has 0 N–H and O–H groups in total. The van der Waals surface area contributed by atoms with E-state index in [4.69, 9.17) is 16.3 Å². The molecule has 6 heteroatoms. The fraction of sp³-hybridized carbons (Fsp3) is 0.273. The lowest BCUT2D eigenvalue weighted by atomic mass is 10.1. The van der Waals surface area contributed by atoms with Crippen LogP contribution in [0.1, 0.15) is 10.4 Å². The number of Topliss-reactive ketones (excluding diaryl/α,β-unsaturated/α-hetero) is 1. The second kappa shape index (κ2) is 3.51. The highest BCUT2D eigenvalue weighted by Crippen LogP contribution is 2.37. The van der Waals surface area contributed by atoms with Crippen molar-refractivity contribution in [3.63, 3.8) is 0 Å². The molecule has 4 nitrogen and oxygen atoms in total. The van der Waals surface area contributed by atoms with Crippen LogP contribution in [0, 0.1) is 5.82 Å². The van der Waals surface area contributed by atoms with Gasteiger partial charge in [0.05, 0.1) is 35.5 Å². The molecule has 1 aromatic carbocycles. The van der Waals surface area contributed by atoms with E-state index < -0.39 is 17.5 Å². The zero-order chi connectivity index (χ0) is 12.2. The fourth-order valence-corrected chi connectivity index (χ4v) is 2.14. The summed E-state index contributed by atoms with van der Waals surface area (Å²) in [7, 11) is 0. The van der Waals surface area contributed by atoms with E-state index in [9.17, 15) is 14.0 Å². The molecule has 0 saturated carbocycles. The monoisotopic (exact) mass is 255 g/mol. The molecule has 17 heavy (non-hydrogen) atoms. The second-order valence-corrected chi connectivity index (χ2v) is 4.36. The summed E-state index contributed by atoms with van der Waals surface area (Å²) < 4.78 is 18.7. The van der Waals surface area contributed by atoms with Gasteiger partial charge in [0.2, 0.25) is 0 Å². The molecule has 2 aliphatic rings. The molecule has 1 amide bonds. The summed E-state index contributed by atoms with van der Waals surface area (Å²) in [5.41, 5.74) is -0.0692. The standard InChI is InChI=1S/C11H7ClFNO3/c12-6-1-2-7(13)9-8(6)10(15)11(16)14(9)3-5-4-17-5/h1-2,5H,3-4H2. The number of carbonyl (C=O) groups is 2. The number of rotatable bonds is 2. The third-order valence-electron chi connectivity index (χ3n) is 2.80. The summed E-state index contributed by atoms with van der Waals surface area (Å²) in [6.07, 6.45) is -0.115. The number of nitrogens with zero attached hydrogens (tertiary/aromatic N) is 1. The van der Waals surface area contributed by atoms with Gasteiger partial charge >= 0.3 is 0 Å². The molecule has 0 aromatic heterocycles. The van der Waals surface area contributed by atoms with Crippen LogP contribution < -0.4 is 4.90 Å². The number of hydrogen-bond donors (Lipinski definition) is 0. The maximum atomic E-state index is 13.7. The van der Waals surface area contributed by atoms with Gasteiger partial charge in [-0.15, -0.1) is 0 Å². The van der Waals surface area contributed by atoms with Gasteiger partial charge < -0.3 is 4.74 Å². The Balaban J connectivity index is 2.13. The van der Waals surface area contributed by atoms with Crippen LogP contribution in [0.25, 0.3) is 0 Å². The summed E-state index contributed by atoms with van der Waals surface area (Å²) in [6, 6.07) is 2.42. The van der Waals surface area contributed by atoms with Crippen molar-refractivity contribution in [1.82, 2.24) is 0 Å². The molecule has 2 heterocycles. The Morgan fingerprint density at radius 1 is 1.47 bits per heavy atom. The van der Waals surface area contributed by atoms with Gasteiger partial charge in [0, 0.05) is 0 Å². The lowest BCUT2D eigenvalue weighted by Crippen LogP contribution is -2.33. The van der Waals surface area contributed by atoms with Crippen LogP contribution in [-0.2, 0) is 9.53 Å². The summed E-state index contributed by atoms with van der Waals surface area (Å²) >= 11 is 5.82. The summed E-state index contributed by atoms with van der Waals surface area (Å²) in [4.78, 5) is 24.5. The highest BCUT2D eigenvalue weighted by Gasteiger charge is 2.42. The van der Waals surface area contributed by atoms with Crippen molar-refractivity contribution in [2.24, 2.45) is 0 Å². The molecule has 1 saturated heterocycles. The van der Waals surface area contributed by atoms with Crippen LogP contribution in [-0.4, -0.2) is 30.9 Å². The van der Waals surface area contributed by atoms with Crippen LogP contribution in [0.3, 0.4) is 0 Å². The summed E-state index contributed by atoms with van der Waals surface area (Å²) in [6.45, 7) is 0.713. The maximum Gasteiger partial charge on any atom is 0.299 e. The highest BCUT2D eigenvalue weighted by atomic mass is 35.5. The number of ether oxygens (including phenoxy) is 1. The molecular formula is C11H7ClFNO3. The number of benzene rings is 1. The van der Waals surface area contributed by atoms with E-state index >= 15 is 0 Å². The van der Waals surface area contributed by atoms with Crippen molar-refractivity contribution >= 4 is 29.0 Å². The van der Waals surface area contributed by atoms with E-state index in [1.165, 1.54) is 6.07 Å². The van der Waals surface area contributed by atoms with Crippen LogP contribution in [0.2, 0.25) is 5.02 Å². The maximum absolute atomic E-state index is 13.7. The largest absolute Gasteiger partial charge is 0.371 e. The Morgan fingerprint density at radius 3 is 2.82 bits per heavy atom. The first-order valence-corrected chi connectivity index (χ1v) is 5.43. The molecule has 1 fully saturated rings. The Morgan fingerprint density at radius 2 is 2.18 bits per heavy atom. The molecule has 88 valence electrons. The van der Waals surface area contributed by atoms with E-state index in [1.54, 1.807) is 0 Å². The van der Waals surface area contributed by atoms with Crippen molar-refractivity contribution in [1.29, 1.82) is 0 Å². The lowest BCUT2D eigenvalue weighted by Gasteiger charge is -2.15. The van der Waals surface area contributed by atoms with Crippen molar-refractivity contribution in [3.8, 4) is 0 Å². The normalized spacial score (nSPS) is 22.0. The van der Waals surface area contributed by atoms with E-state index in [0.717, 1.165) is 11.0 Å². The van der Waals surface area contributed by atoms with Crippen molar-refractivity contribution in [3.05, 3.63) is 28.5 Å². The topological polar surface area (TPSA) is 49.9 Å². The molecule has 0 aliphatic carbocycles. The average molecular weight is 256 g/mol. The minimum atomic E-state index is -0.759. The van der Waals surface area contributed by atoms with Gasteiger partial charge in [0.1, 0.15) is 5.82 Å². The molecular weight excluding hydrogens is 249 g/mol. The second-order valence-electron chi connectivity index (χ2n) is 3.95. The Hall–Kier alpha value is -1.46. The smallest absolute Gasteiger partial charge is 0.299 e. The van der Waals surface area contributed by atoms with Crippen molar-refractivity contribution in [2.75, 3.05) is 18.1 Å². The predicted molar refractivity (Wildman–Crippen MR) is 57.8 cm³/mol. The fourth-order valence-electron chi connectivity index (χ4n) is 1.90. The average Bonchev–Trinajstić information content (AvgIpc) is 3.07. The first-order chi connectivity index (χ1) is 8.09. The van der Waals surface area contributed by atoms with Gasteiger partial charge in [-0.05, 0) is 12.1 Å². The quantitative estimate of drug-likeness (QED) is 0.593. The minimum Gasteiger partial charge on any atom is -0.371 e. The number of amides is 1. The van der Waals surface area contributed by atoms with Gasteiger partial charge in [0.25, 0.3) is 11.7 Å². The number of fused-ring (bicyclic) bond motifs is 1. The Kier molecular flexibility index (Phi) is 2.21. The number of halogens is 2. The molecule has 0 radical (unpaired) electrons. The number of epoxide rings is 1. The number of carbonyl (C=O) groups excluding carboxylic acids is 2. The minimum absolute atomic E-state index is 0.0250. The van der Waals surface area contributed by atoms with E-state index in [0.29, 0.717) is 6.61 Å². The van der Waals surface area contributed by atoms with Gasteiger partial charge in [0.15, 0.2) is 0 Å². The Labute approximate surface area is 101 Å². The number of anilines is 1. The zero-order valence-corrected chi connectivity index (χ0v) is 9.33. The number of hydrogen-bond acceptors (Lipinski definition) is 3. The molecule has 2 aliphatic heterocycles. The Bertz CT molecular complexity index is 542. The molecule has 1 aromatic rings. The van der Waals surface area contributed by atoms with E-state index in [2.05, 4.69) is 0 Å². The molecule has 1 atom stereocenters. The molecule has 3 rings (SSSR count). The van der Waals surface area contributed by atoms with E-state index in [1.807, 2.05) is 0 Å².